The van der Waals surface area contributed by atoms with E-state index < -0.39 is 0 Å². The molecule has 2 unspecified atom stereocenters. The highest BCUT2D eigenvalue weighted by Gasteiger charge is 2.36. The Kier molecular flexibility index (Phi) is 4.71. The summed E-state index contributed by atoms with van der Waals surface area (Å²) in [5.74, 6) is 0.357. The number of hydrogen-bond acceptors (Lipinski definition) is 3. The fourth-order valence-corrected chi connectivity index (χ4v) is 3.94. The number of amides is 2. The Labute approximate surface area is 130 Å². The lowest BCUT2D eigenvalue weighted by Crippen LogP contribution is -2.58. The molecule has 0 aromatic carbocycles. The van der Waals surface area contributed by atoms with Crippen LogP contribution in [0.5, 0.6) is 0 Å². The van der Waals surface area contributed by atoms with Crippen LogP contribution < -0.4 is 5.32 Å². The zero-order valence-electron chi connectivity index (χ0n) is 13.4. The molecule has 1 aliphatic rings. The van der Waals surface area contributed by atoms with E-state index in [-0.39, 0.29) is 30.4 Å². The molecule has 1 aromatic heterocycles. The van der Waals surface area contributed by atoms with E-state index >= 15 is 0 Å². The van der Waals surface area contributed by atoms with Gasteiger partial charge in [-0.3, -0.25) is 9.59 Å². The Hall–Kier alpha value is -1.36. The average molecular weight is 308 g/mol. The normalized spacial score (nSPS) is 20.9. The third-order valence-corrected chi connectivity index (χ3v) is 4.92. The van der Waals surface area contributed by atoms with Crippen molar-refractivity contribution in [1.82, 2.24) is 10.2 Å². The molecule has 2 rings (SSSR count). The first-order valence-electron chi connectivity index (χ1n) is 7.46. The van der Waals surface area contributed by atoms with E-state index in [1.165, 1.54) is 9.75 Å². The maximum atomic E-state index is 12.7. The highest BCUT2D eigenvalue weighted by atomic mass is 32.1. The van der Waals surface area contributed by atoms with Gasteiger partial charge in [0.2, 0.25) is 11.8 Å². The molecule has 2 heterocycles. The van der Waals surface area contributed by atoms with Crippen molar-refractivity contribution in [3.05, 3.63) is 21.4 Å². The smallest absolute Gasteiger partial charge is 0.246 e. The summed E-state index contributed by atoms with van der Waals surface area (Å²) in [6.45, 7) is 10.4. The minimum Gasteiger partial charge on any atom is -0.343 e. The van der Waals surface area contributed by atoms with E-state index in [0.29, 0.717) is 12.3 Å². The molecule has 2 amide bonds. The summed E-state index contributed by atoms with van der Waals surface area (Å²) in [6, 6.07) is 1.69. The lowest BCUT2D eigenvalue weighted by Gasteiger charge is -2.37. The molecular formula is C16H24N2O2S. The standard InChI is InChI=1S/C16H24N2O2S/c1-9(2)6-14-16(20)18(8-15(19)17-14)11(4)13-7-10(3)21-12(13)5/h7,9,11,14H,6,8H2,1-5H3,(H,17,19). The van der Waals surface area contributed by atoms with Gasteiger partial charge in [-0.25, -0.2) is 0 Å². The van der Waals surface area contributed by atoms with Crippen molar-refractivity contribution in [3.63, 3.8) is 0 Å². The number of nitrogens with zero attached hydrogens (tertiary/aromatic N) is 1. The Bertz CT molecular complexity index is 550. The van der Waals surface area contributed by atoms with Gasteiger partial charge < -0.3 is 10.2 Å². The second-order valence-electron chi connectivity index (χ2n) is 6.26. The summed E-state index contributed by atoms with van der Waals surface area (Å²) in [5, 5.41) is 2.83. The first kappa shape index (κ1) is 16.0. The molecule has 2 atom stereocenters. The molecular weight excluding hydrogens is 284 g/mol. The Balaban J connectivity index is 2.22. The molecule has 0 saturated carbocycles. The van der Waals surface area contributed by atoms with E-state index in [1.54, 1.807) is 16.2 Å². The second kappa shape index (κ2) is 6.18. The summed E-state index contributed by atoms with van der Waals surface area (Å²) in [7, 11) is 0. The predicted molar refractivity (Wildman–Crippen MR) is 85.3 cm³/mol. The number of rotatable bonds is 4. The molecule has 0 spiro atoms. The van der Waals surface area contributed by atoms with Crippen molar-refractivity contribution < 1.29 is 9.59 Å². The van der Waals surface area contributed by atoms with E-state index in [2.05, 4.69) is 39.1 Å². The third-order valence-electron chi connectivity index (χ3n) is 3.93. The number of nitrogens with one attached hydrogen (secondary N) is 1. The summed E-state index contributed by atoms with van der Waals surface area (Å²) in [5.41, 5.74) is 1.16. The molecule has 0 aliphatic carbocycles. The van der Waals surface area contributed by atoms with Crippen LogP contribution >= 0.6 is 11.3 Å². The minimum absolute atomic E-state index is 0.0408. The molecule has 5 heteroatoms. The summed E-state index contributed by atoms with van der Waals surface area (Å²) >= 11 is 1.74. The second-order valence-corrected chi connectivity index (χ2v) is 7.72. The molecule has 0 radical (unpaired) electrons. The Morgan fingerprint density at radius 1 is 1.33 bits per heavy atom. The number of hydrogen-bond donors (Lipinski definition) is 1. The van der Waals surface area contributed by atoms with Gasteiger partial charge >= 0.3 is 0 Å². The molecule has 1 saturated heterocycles. The Morgan fingerprint density at radius 3 is 2.52 bits per heavy atom. The van der Waals surface area contributed by atoms with Gasteiger partial charge in [-0.15, -0.1) is 11.3 Å². The van der Waals surface area contributed by atoms with Gasteiger partial charge in [0, 0.05) is 9.75 Å². The fraction of sp³-hybridized carbons (Fsp3) is 0.625. The average Bonchev–Trinajstić information content (AvgIpc) is 2.71. The van der Waals surface area contributed by atoms with Crippen LogP contribution in [-0.4, -0.2) is 29.3 Å². The predicted octanol–water partition coefficient (Wildman–Crippen LogP) is 2.80. The molecule has 1 aliphatic heterocycles. The maximum Gasteiger partial charge on any atom is 0.246 e. The quantitative estimate of drug-likeness (QED) is 0.930. The third kappa shape index (κ3) is 3.46. The molecule has 4 nitrogen and oxygen atoms in total. The number of piperazine rings is 1. The Morgan fingerprint density at radius 2 is 2.00 bits per heavy atom. The number of carbonyl (C=O) groups is 2. The monoisotopic (exact) mass is 308 g/mol. The van der Waals surface area contributed by atoms with Crippen LogP contribution in [0, 0.1) is 19.8 Å². The van der Waals surface area contributed by atoms with E-state index in [9.17, 15) is 9.59 Å². The molecule has 0 bridgehead atoms. The van der Waals surface area contributed by atoms with Crippen molar-refractivity contribution in [2.45, 2.75) is 53.1 Å². The van der Waals surface area contributed by atoms with Gasteiger partial charge in [-0.1, -0.05) is 13.8 Å². The van der Waals surface area contributed by atoms with Crippen molar-refractivity contribution in [1.29, 1.82) is 0 Å². The van der Waals surface area contributed by atoms with Crippen LogP contribution in [0.4, 0.5) is 0 Å². The van der Waals surface area contributed by atoms with Crippen LogP contribution in [-0.2, 0) is 9.59 Å². The highest BCUT2D eigenvalue weighted by molar-refractivity contribution is 7.12. The van der Waals surface area contributed by atoms with Crippen molar-refractivity contribution in [2.75, 3.05) is 6.54 Å². The topological polar surface area (TPSA) is 49.4 Å². The molecule has 1 N–H and O–H groups in total. The summed E-state index contributed by atoms with van der Waals surface area (Å²) in [4.78, 5) is 28.8. The van der Waals surface area contributed by atoms with Crippen LogP contribution in [0.25, 0.3) is 0 Å². The largest absolute Gasteiger partial charge is 0.343 e. The lowest BCUT2D eigenvalue weighted by atomic mass is 9.98. The summed E-state index contributed by atoms with van der Waals surface area (Å²) < 4.78 is 0. The zero-order valence-corrected chi connectivity index (χ0v) is 14.2. The molecule has 116 valence electrons. The van der Waals surface area contributed by atoms with Gasteiger partial charge in [0.25, 0.3) is 0 Å². The number of carbonyl (C=O) groups excluding carboxylic acids is 2. The van der Waals surface area contributed by atoms with Gasteiger partial charge in [0.15, 0.2) is 0 Å². The fourth-order valence-electron chi connectivity index (χ4n) is 2.93. The van der Waals surface area contributed by atoms with Gasteiger partial charge in [-0.05, 0) is 44.7 Å². The van der Waals surface area contributed by atoms with E-state index in [0.717, 1.165) is 5.56 Å². The number of aryl methyl sites for hydroxylation is 2. The highest BCUT2D eigenvalue weighted by Crippen LogP contribution is 2.31. The first-order valence-corrected chi connectivity index (χ1v) is 8.28. The molecule has 1 aromatic rings. The lowest BCUT2D eigenvalue weighted by molar-refractivity contribution is -0.146. The zero-order chi connectivity index (χ0) is 15.7. The van der Waals surface area contributed by atoms with Crippen LogP contribution in [0.1, 0.15) is 48.6 Å². The van der Waals surface area contributed by atoms with E-state index in [4.69, 9.17) is 0 Å². The minimum atomic E-state index is -0.381. The van der Waals surface area contributed by atoms with Crippen LogP contribution in [0.15, 0.2) is 6.07 Å². The van der Waals surface area contributed by atoms with Gasteiger partial charge in [0.05, 0.1) is 6.04 Å². The molecule has 21 heavy (non-hydrogen) atoms. The van der Waals surface area contributed by atoms with Gasteiger partial charge in [-0.2, -0.15) is 0 Å². The van der Waals surface area contributed by atoms with Gasteiger partial charge in [0.1, 0.15) is 12.6 Å². The SMILES string of the molecule is Cc1cc(C(C)N2CC(=O)NC(CC(C)C)C2=O)c(C)s1. The van der Waals surface area contributed by atoms with Crippen molar-refractivity contribution in [3.8, 4) is 0 Å². The summed E-state index contributed by atoms with van der Waals surface area (Å²) in [6.07, 6.45) is 0.690. The number of thiophene rings is 1. The van der Waals surface area contributed by atoms with Crippen LogP contribution in [0.3, 0.4) is 0 Å². The first-order chi connectivity index (χ1) is 9.79. The van der Waals surface area contributed by atoms with Crippen LogP contribution in [0.2, 0.25) is 0 Å². The maximum absolute atomic E-state index is 12.7. The van der Waals surface area contributed by atoms with Crippen molar-refractivity contribution >= 4 is 23.2 Å². The van der Waals surface area contributed by atoms with Crippen molar-refractivity contribution in [2.24, 2.45) is 5.92 Å². The molecule has 1 fully saturated rings. The van der Waals surface area contributed by atoms with E-state index in [1.807, 2.05) is 6.92 Å².